The Labute approximate surface area is 230 Å². The lowest BCUT2D eigenvalue weighted by molar-refractivity contribution is -0.142. The predicted molar refractivity (Wildman–Crippen MR) is 142 cm³/mol. The van der Waals surface area contributed by atoms with Crippen LogP contribution >= 0.6 is 0 Å². The van der Waals surface area contributed by atoms with Gasteiger partial charge in [-0.3, -0.25) is 19.1 Å². The number of methoxy groups -OCH3 is 1. The zero-order chi connectivity index (χ0) is 29.8. The van der Waals surface area contributed by atoms with Crippen molar-refractivity contribution in [1.82, 2.24) is 24.4 Å². The molecule has 0 spiro atoms. The Hall–Kier alpha value is -5.01. The number of carbonyl (C=O) groups is 2. The second-order valence-corrected chi connectivity index (χ2v) is 8.99. The van der Waals surface area contributed by atoms with Gasteiger partial charge < -0.3 is 15.4 Å². The van der Waals surface area contributed by atoms with Crippen LogP contribution in [0.3, 0.4) is 0 Å². The topological polar surface area (TPSA) is 137 Å². The number of halogens is 3. The number of benzene rings is 1. The van der Waals surface area contributed by atoms with Crippen molar-refractivity contribution in [3.05, 3.63) is 92.3 Å². The van der Waals surface area contributed by atoms with Gasteiger partial charge in [-0.15, -0.1) is 0 Å². The zero-order valence-corrected chi connectivity index (χ0v) is 22.2. The fourth-order valence-corrected chi connectivity index (χ4v) is 4.16. The molecule has 1 aromatic carbocycles. The van der Waals surface area contributed by atoms with Gasteiger partial charge in [0.15, 0.2) is 11.6 Å². The molecule has 0 radical (unpaired) electrons. The van der Waals surface area contributed by atoms with Crippen molar-refractivity contribution in [1.29, 1.82) is 0 Å². The largest absolute Gasteiger partial charge is 0.467 e. The van der Waals surface area contributed by atoms with Gasteiger partial charge in [0.2, 0.25) is 0 Å². The van der Waals surface area contributed by atoms with Gasteiger partial charge >= 0.3 is 11.7 Å². The first kappa shape index (κ1) is 29.0. The number of anilines is 1. The number of aryl methyl sites for hydroxylation is 1. The molecular weight excluding hydrogens is 545 g/mol. The first-order valence-corrected chi connectivity index (χ1v) is 12.4. The van der Waals surface area contributed by atoms with Crippen molar-refractivity contribution >= 4 is 28.5 Å². The highest BCUT2D eigenvalue weighted by Gasteiger charge is 2.29. The van der Waals surface area contributed by atoms with Gasteiger partial charge in [-0.1, -0.05) is 13.0 Å². The number of rotatable bonds is 9. The van der Waals surface area contributed by atoms with Gasteiger partial charge in [0.25, 0.3) is 11.5 Å². The Morgan fingerprint density at radius 3 is 2.51 bits per heavy atom. The molecule has 2 N–H and O–H groups in total. The number of pyridine rings is 2. The minimum absolute atomic E-state index is 0.00638. The van der Waals surface area contributed by atoms with Crippen LogP contribution in [-0.2, 0) is 23.0 Å². The Morgan fingerprint density at radius 1 is 1.10 bits per heavy atom. The highest BCUT2D eigenvalue weighted by atomic mass is 19.2. The molecule has 0 aliphatic rings. The van der Waals surface area contributed by atoms with Crippen LogP contribution in [0.2, 0.25) is 0 Å². The number of nitrogens with zero attached hydrogens (tertiary/aromatic N) is 4. The summed E-state index contributed by atoms with van der Waals surface area (Å²) in [5.41, 5.74) is -2.24. The fourth-order valence-electron chi connectivity index (χ4n) is 4.16. The third kappa shape index (κ3) is 5.66. The minimum Gasteiger partial charge on any atom is -0.467 e. The van der Waals surface area contributed by atoms with Crippen LogP contribution in [0, 0.1) is 17.5 Å². The molecule has 1 atom stereocenters. The fraction of sp³-hybridized carbons (Fsp3) is 0.259. The van der Waals surface area contributed by atoms with E-state index in [-0.39, 0.29) is 24.2 Å². The van der Waals surface area contributed by atoms with E-state index in [1.807, 2.05) is 0 Å². The van der Waals surface area contributed by atoms with Gasteiger partial charge in [-0.25, -0.2) is 32.3 Å². The minimum atomic E-state index is -1.71. The van der Waals surface area contributed by atoms with E-state index in [4.69, 9.17) is 4.74 Å². The maximum absolute atomic E-state index is 14.7. The lowest BCUT2D eigenvalue weighted by Crippen LogP contribution is -2.43. The van der Waals surface area contributed by atoms with Crippen LogP contribution in [0.25, 0.3) is 16.7 Å². The summed E-state index contributed by atoms with van der Waals surface area (Å²) in [4.78, 5) is 59.1. The smallest absolute Gasteiger partial charge is 0.337 e. The molecular formula is C27H25F3N6O5. The third-order valence-corrected chi connectivity index (χ3v) is 6.29. The molecule has 214 valence electrons. The van der Waals surface area contributed by atoms with Crippen LogP contribution < -0.4 is 21.9 Å². The normalized spacial score (nSPS) is 11.8. The maximum atomic E-state index is 14.7. The number of ether oxygens (including phenoxy) is 1. The van der Waals surface area contributed by atoms with Gasteiger partial charge in [-0.2, -0.15) is 0 Å². The molecule has 0 unspecified atom stereocenters. The lowest BCUT2D eigenvalue weighted by Gasteiger charge is -2.18. The first-order chi connectivity index (χ1) is 19.6. The molecule has 3 heterocycles. The maximum Gasteiger partial charge on any atom is 0.337 e. The zero-order valence-electron chi connectivity index (χ0n) is 22.2. The number of nitrogens with one attached hydrogen (secondary N) is 2. The number of hydrogen-bond acceptors (Lipinski definition) is 8. The van der Waals surface area contributed by atoms with E-state index in [9.17, 15) is 32.3 Å². The molecule has 0 aliphatic carbocycles. The molecule has 4 rings (SSSR count). The standard InChI is InChI=1S/C27H25F3N6O5/c1-4-8-32-17-11-16(28)21(23(30)22(17)29)24(37)34-18(26(39)41-3)10-14-5-6-20(33-12-14)36-25(38)15-7-9-31-13-19(15)35(2)27(36)40/h5-7,9,11-13,18,32H,4,8,10H2,1-3H3,(H,34,37)/t18-/m0/s1. The van der Waals surface area contributed by atoms with Crippen molar-refractivity contribution in [2.75, 3.05) is 19.0 Å². The average molecular weight is 571 g/mol. The van der Waals surface area contributed by atoms with Crippen molar-refractivity contribution < 1.29 is 27.5 Å². The molecule has 4 aromatic rings. The Kier molecular flexibility index (Phi) is 8.50. The predicted octanol–water partition coefficient (Wildman–Crippen LogP) is 2.23. The highest BCUT2D eigenvalue weighted by molar-refractivity contribution is 5.97. The number of amides is 1. The summed E-state index contributed by atoms with van der Waals surface area (Å²) in [6.45, 7) is 2.03. The van der Waals surface area contributed by atoms with E-state index in [2.05, 4.69) is 20.6 Å². The second-order valence-electron chi connectivity index (χ2n) is 8.99. The van der Waals surface area contributed by atoms with E-state index in [1.54, 1.807) is 6.92 Å². The summed E-state index contributed by atoms with van der Waals surface area (Å²) in [5.74, 6) is -6.81. The number of fused-ring (bicyclic) bond motifs is 1. The molecule has 0 bridgehead atoms. The molecule has 0 fully saturated rings. The van der Waals surface area contributed by atoms with Crippen LogP contribution in [-0.4, -0.2) is 50.7 Å². The number of aromatic nitrogens is 4. The summed E-state index contributed by atoms with van der Waals surface area (Å²) < 4.78 is 50.6. The van der Waals surface area contributed by atoms with E-state index < -0.39 is 57.9 Å². The van der Waals surface area contributed by atoms with E-state index in [0.29, 0.717) is 23.6 Å². The quantitative estimate of drug-likeness (QED) is 0.231. The lowest BCUT2D eigenvalue weighted by atomic mass is 10.1. The summed E-state index contributed by atoms with van der Waals surface area (Å²) in [6, 6.07) is 3.50. The van der Waals surface area contributed by atoms with Gasteiger partial charge in [0, 0.05) is 38.5 Å². The van der Waals surface area contributed by atoms with E-state index >= 15 is 0 Å². The van der Waals surface area contributed by atoms with Crippen LogP contribution in [0.1, 0.15) is 29.3 Å². The number of hydrogen-bond donors (Lipinski definition) is 2. The molecule has 0 saturated carbocycles. The van der Waals surface area contributed by atoms with Crippen molar-refractivity contribution in [2.24, 2.45) is 7.05 Å². The molecule has 1 amide bonds. The SMILES string of the molecule is CCCNc1cc(F)c(C(=O)N[C@@H](Cc2ccc(-n3c(=O)c4ccncc4n(C)c3=O)nc2)C(=O)OC)c(F)c1F. The Balaban J connectivity index is 1.61. The Bertz CT molecular complexity index is 1750. The molecule has 3 aromatic heterocycles. The molecule has 0 aliphatic heterocycles. The van der Waals surface area contributed by atoms with Crippen molar-refractivity contribution in [3.63, 3.8) is 0 Å². The summed E-state index contributed by atoms with van der Waals surface area (Å²) in [6.07, 6.45) is 4.39. The summed E-state index contributed by atoms with van der Waals surface area (Å²) in [5, 5.41) is 4.95. The van der Waals surface area contributed by atoms with Crippen LogP contribution in [0.4, 0.5) is 18.9 Å². The average Bonchev–Trinajstić information content (AvgIpc) is 2.97. The van der Waals surface area contributed by atoms with Crippen LogP contribution in [0.5, 0.6) is 0 Å². The van der Waals surface area contributed by atoms with Gasteiger partial charge in [0.05, 0.1) is 29.9 Å². The third-order valence-electron chi connectivity index (χ3n) is 6.29. The summed E-state index contributed by atoms with van der Waals surface area (Å²) >= 11 is 0. The Morgan fingerprint density at radius 2 is 1.85 bits per heavy atom. The number of carbonyl (C=O) groups excluding carboxylic acids is 2. The van der Waals surface area contributed by atoms with Crippen molar-refractivity contribution in [2.45, 2.75) is 25.8 Å². The molecule has 11 nitrogen and oxygen atoms in total. The van der Waals surface area contributed by atoms with Gasteiger partial charge in [-0.05, 0) is 24.1 Å². The van der Waals surface area contributed by atoms with Crippen molar-refractivity contribution in [3.8, 4) is 5.82 Å². The highest BCUT2D eigenvalue weighted by Crippen LogP contribution is 2.24. The van der Waals surface area contributed by atoms with Gasteiger partial charge in [0.1, 0.15) is 23.2 Å². The monoisotopic (exact) mass is 570 g/mol. The summed E-state index contributed by atoms with van der Waals surface area (Å²) in [7, 11) is 2.53. The molecule has 0 saturated heterocycles. The first-order valence-electron chi connectivity index (χ1n) is 12.4. The second kappa shape index (κ2) is 12.0. The van der Waals surface area contributed by atoms with E-state index in [1.165, 1.54) is 48.4 Å². The number of esters is 1. The molecule has 41 heavy (non-hydrogen) atoms. The van der Waals surface area contributed by atoms with E-state index in [0.717, 1.165) is 11.7 Å². The van der Waals surface area contributed by atoms with Crippen LogP contribution in [0.15, 0.2) is 52.4 Å². The molecule has 14 heteroatoms.